The normalized spacial score (nSPS) is 10.8. The average molecular weight is 398 g/mol. The van der Waals surface area contributed by atoms with E-state index < -0.39 is 0 Å². The maximum Gasteiger partial charge on any atom is 0.310 e. The topological polar surface area (TPSA) is 71.2 Å². The van der Waals surface area contributed by atoms with Crippen molar-refractivity contribution < 1.29 is 14.3 Å². The summed E-state index contributed by atoms with van der Waals surface area (Å²) in [6, 6.07) is 9.67. The molecule has 8 heteroatoms. The predicted molar refractivity (Wildman–Crippen MR) is 107 cm³/mol. The molecule has 0 bridgehead atoms. The minimum absolute atomic E-state index is 0.218. The second-order valence-electron chi connectivity index (χ2n) is 6.33. The van der Waals surface area contributed by atoms with E-state index in [0.29, 0.717) is 17.5 Å². The zero-order chi connectivity index (χ0) is 19.9. The second-order valence-corrected chi connectivity index (χ2v) is 6.77. The van der Waals surface area contributed by atoms with Crippen LogP contribution in [-0.4, -0.2) is 45.9 Å². The van der Waals surface area contributed by atoms with E-state index in [1.54, 1.807) is 22.7 Å². The first kappa shape index (κ1) is 19.9. The molecule has 0 aliphatic rings. The molecule has 0 aliphatic carbocycles. The van der Waals surface area contributed by atoms with Gasteiger partial charge in [0.2, 0.25) is 0 Å². The van der Waals surface area contributed by atoms with Crippen molar-refractivity contribution in [3.05, 3.63) is 70.3 Å². The van der Waals surface area contributed by atoms with E-state index >= 15 is 0 Å². The van der Waals surface area contributed by atoms with E-state index in [2.05, 4.69) is 10.2 Å². The van der Waals surface area contributed by atoms with Gasteiger partial charge in [-0.1, -0.05) is 36.5 Å². The Kier molecular flexibility index (Phi) is 6.67. The molecule has 0 N–H and O–H groups in total. The molecule has 0 amide bonds. The van der Waals surface area contributed by atoms with Crippen molar-refractivity contribution in [2.24, 2.45) is 7.05 Å². The highest BCUT2D eigenvalue weighted by atomic mass is 32.1. The van der Waals surface area contributed by atoms with Crippen molar-refractivity contribution in [1.82, 2.24) is 19.6 Å². The van der Waals surface area contributed by atoms with Crippen LogP contribution in [0.25, 0.3) is 5.69 Å². The first-order chi connectivity index (χ1) is 13.5. The lowest BCUT2D eigenvalue weighted by molar-refractivity contribution is -0.144. The summed E-state index contributed by atoms with van der Waals surface area (Å²) in [6.45, 7) is 0.653. The summed E-state index contributed by atoms with van der Waals surface area (Å²) in [4.78, 5) is 11.9. The molecule has 28 heavy (non-hydrogen) atoms. The molecule has 0 atom stereocenters. The summed E-state index contributed by atoms with van der Waals surface area (Å²) in [7, 11) is 3.43. The van der Waals surface area contributed by atoms with Crippen molar-refractivity contribution in [2.75, 3.05) is 20.3 Å². The van der Waals surface area contributed by atoms with E-state index in [1.165, 1.54) is 0 Å². The lowest BCUT2D eigenvalue weighted by Crippen LogP contribution is -2.12. The fourth-order valence-electron chi connectivity index (χ4n) is 2.74. The Labute approximate surface area is 168 Å². The molecule has 0 unspecified atom stereocenters. The number of carbonyl (C=O) groups excluding carboxylic acids is 1. The van der Waals surface area contributed by atoms with Crippen LogP contribution in [0, 0.1) is 4.51 Å². The summed E-state index contributed by atoms with van der Waals surface area (Å²) < 4.78 is 14.2. The molecule has 3 aromatic rings. The van der Waals surface area contributed by atoms with E-state index in [-0.39, 0.29) is 19.0 Å². The summed E-state index contributed by atoms with van der Waals surface area (Å²) in [6.07, 6.45) is 6.25. The van der Waals surface area contributed by atoms with Gasteiger partial charge in [-0.05, 0) is 17.2 Å². The molecule has 0 radical (unpaired) electrons. The van der Waals surface area contributed by atoms with Gasteiger partial charge in [-0.2, -0.15) is 10.2 Å². The lowest BCUT2D eigenvalue weighted by Gasteiger charge is -2.08. The molecule has 1 aromatic carbocycles. The Morgan fingerprint density at radius 2 is 2.04 bits per heavy atom. The summed E-state index contributed by atoms with van der Waals surface area (Å²) in [5, 5.41) is 8.82. The number of aryl methyl sites for hydroxylation is 1. The SMILES string of the molecule is COCCOC(=O)Cc1cccc(Cc2nn(-c3cnn(C)c3)ccc2=S)c1. The number of nitrogens with zero attached hydrogens (tertiary/aromatic N) is 4. The smallest absolute Gasteiger partial charge is 0.310 e. The van der Waals surface area contributed by atoms with Crippen molar-refractivity contribution in [2.45, 2.75) is 12.8 Å². The highest BCUT2D eigenvalue weighted by Crippen LogP contribution is 2.13. The van der Waals surface area contributed by atoms with Crippen LogP contribution in [0.2, 0.25) is 0 Å². The van der Waals surface area contributed by atoms with Crippen LogP contribution in [-0.2, 0) is 34.2 Å². The summed E-state index contributed by atoms with van der Waals surface area (Å²) in [5.41, 5.74) is 3.58. The largest absolute Gasteiger partial charge is 0.463 e. The number of carbonyl (C=O) groups is 1. The third-order valence-corrected chi connectivity index (χ3v) is 4.47. The highest BCUT2D eigenvalue weighted by molar-refractivity contribution is 7.71. The van der Waals surface area contributed by atoms with Gasteiger partial charge in [0, 0.05) is 26.8 Å². The number of ether oxygens (including phenoxy) is 2. The number of rotatable bonds is 8. The van der Waals surface area contributed by atoms with E-state index in [1.807, 2.05) is 49.8 Å². The van der Waals surface area contributed by atoms with Gasteiger partial charge in [0.1, 0.15) is 12.3 Å². The fraction of sp³-hybridized carbons (Fsp3) is 0.300. The lowest BCUT2D eigenvalue weighted by atomic mass is 10.0. The molecule has 0 spiro atoms. The van der Waals surface area contributed by atoms with Gasteiger partial charge in [0.05, 0.1) is 35.6 Å². The van der Waals surface area contributed by atoms with Gasteiger partial charge < -0.3 is 9.47 Å². The Bertz CT molecular complexity index is 1010. The monoisotopic (exact) mass is 398 g/mol. The van der Waals surface area contributed by atoms with Crippen LogP contribution in [0.15, 0.2) is 48.9 Å². The van der Waals surface area contributed by atoms with Crippen molar-refractivity contribution in [3.8, 4) is 5.69 Å². The molecule has 3 rings (SSSR count). The van der Waals surface area contributed by atoms with Gasteiger partial charge in [-0.3, -0.25) is 9.48 Å². The average Bonchev–Trinajstić information content (AvgIpc) is 3.10. The number of hydrogen-bond acceptors (Lipinski definition) is 6. The van der Waals surface area contributed by atoms with Crippen molar-refractivity contribution >= 4 is 18.2 Å². The van der Waals surface area contributed by atoms with E-state index in [0.717, 1.165) is 22.5 Å². The number of hydrogen-bond donors (Lipinski definition) is 0. The molecule has 2 heterocycles. The molecule has 0 saturated carbocycles. The number of methoxy groups -OCH3 is 1. The van der Waals surface area contributed by atoms with Crippen LogP contribution in [0.4, 0.5) is 0 Å². The number of esters is 1. The minimum atomic E-state index is -0.273. The summed E-state index contributed by atoms with van der Waals surface area (Å²) in [5.74, 6) is -0.273. The molecule has 146 valence electrons. The van der Waals surface area contributed by atoms with Crippen LogP contribution >= 0.6 is 12.2 Å². The first-order valence-corrected chi connectivity index (χ1v) is 9.26. The van der Waals surface area contributed by atoms with Gasteiger partial charge in [0.25, 0.3) is 0 Å². The van der Waals surface area contributed by atoms with Crippen LogP contribution < -0.4 is 0 Å². The number of aromatic nitrogens is 4. The second kappa shape index (κ2) is 9.38. The Hall–Kier alpha value is -2.84. The molecule has 2 aromatic heterocycles. The van der Waals surface area contributed by atoms with E-state index in [9.17, 15) is 4.79 Å². The van der Waals surface area contributed by atoms with Crippen LogP contribution in [0.3, 0.4) is 0 Å². The van der Waals surface area contributed by atoms with E-state index in [4.69, 9.17) is 21.7 Å². The maximum atomic E-state index is 11.9. The Morgan fingerprint density at radius 3 is 2.79 bits per heavy atom. The molecule has 0 fully saturated rings. The molecule has 7 nitrogen and oxygen atoms in total. The molecule has 0 aliphatic heterocycles. The van der Waals surface area contributed by atoms with Crippen molar-refractivity contribution in [3.63, 3.8) is 0 Å². The van der Waals surface area contributed by atoms with Crippen LogP contribution in [0.5, 0.6) is 0 Å². The van der Waals surface area contributed by atoms with Gasteiger partial charge >= 0.3 is 5.97 Å². The molecular weight excluding hydrogens is 376 g/mol. The zero-order valence-corrected chi connectivity index (χ0v) is 16.7. The maximum absolute atomic E-state index is 11.9. The first-order valence-electron chi connectivity index (χ1n) is 8.85. The summed E-state index contributed by atoms with van der Waals surface area (Å²) >= 11 is 5.45. The Morgan fingerprint density at radius 1 is 1.21 bits per heavy atom. The third-order valence-electron chi connectivity index (χ3n) is 4.10. The van der Waals surface area contributed by atoms with Gasteiger partial charge in [0.15, 0.2) is 0 Å². The number of benzene rings is 1. The molecule has 0 saturated heterocycles. The van der Waals surface area contributed by atoms with Gasteiger partial charge in [-0.25, -0.2) is 4.68 Å². The fourth-order valence-corrected chi connectivity index (χ4v) is 2.91. The predicted octanol–water partition coefficient (Wildman–Crippen LogP) is 2.66. The third kappa shape index (κ3) is 5.34. The zero-order valence-electron chi connectivity index (χ0n) is 15.9. The van der Waals surface area contributed by atoms with Crippen molar-refractivity contribution in [1.29, 1.82) is 0 Å². The van der Waals surface area contributed by atoms with Gasteiger partial charge in [-0.15, -0.1) is 0 Å². The standard InChI is InChI=1S/C20H22N4O3S/c1-23-14-17(13-21-23)24-7-6-19(28)18(22-24)11-15-4-3-5-16(10-15)12-20(25)27-9-8-26-2/h3-7,10,13-14H,8-9,11-12H2,1-2H3. The quantitative estimate of drug-likeness (QED) is 0.330. The molecular formula is C20H22N4O3S. The van der Waals surface area contributed by atoms with Crippen LogP contribution in [0.1, 0.15) is 16.8 Å². The Balaban J connectivity index is 1.73. The minimum Gasteiger partial charge on any atom is -0.463 e. The highest BCUT2D eigenvalue weighted by Gasteiger charge is 2.08.